The SMILES string of the molecule is NCc1ccc(-c2c(N)nc(N3CCNCC3)nc2N2CCCCC2)cc1. The van der Waals surface area contributed by atoms with Crippen LogP contribution in [-0.2, 0) is 6.54 Å². The Morgan fingerprint density at radius 1 is 0.889 bits per heavy atom. The van der Waals surface area contributed by atoms with E-state index < -0.39 is 0 Å². The zero-order valence-corrected chi connectivity index (χ0v) is 15.8. The number of nitrogens with zero attached hydrogens (tertiary/aromatic N) is 4. The van der Waals surface area contributed by atoms with Gasteiger partial charge in [0.1, 0.15) is 11.6 Å². The maximum absolute atomic E-state index is 6.49. The van der Waals surface area contributed by atoms with E-state index in [-0.39, 0.29) is 0 Å². The molecule has 1 aromatic heterocycles. The highest BCUT2D eigenvalue weighted by atomic mass is 15.3. The molecule has 0 spiro atoms. The number of rotatable bonds is 4. The third-order valence-electron chi connectivity index (χ3n) is 5.44. The van der Waals surface area contributed by atoms with Crippen LogP contribution in [0.5, 0.6) is 0 Å². The summed E-state index contributed by atoms with van der Waals surface area (Å²) in [5.41, 5.74) is 15.3. The van der Waals surface area contributed by atoms with Gasteiger partial charge < -0.3 is 26.6 Å². The van der Waals surface area contributed by atoms with E-state index in [1.807, 2.05) is 0 Å². The third-order valence-corrected chi connectivity index (χ3v) is 5.44. The average molecular weight is 368 g/mol. The molecule has 5 N–H and O–H groups in total. The van der Waals surface area contributed by atoms with E-state index in [1.165, 1.54) is 19.3 Å². The summed E-state index contributed by atoms with van der Waals surface area (Å²) in [6.07, 6.45) is 3.67. The van der Waals surface area contributed by atoms with Crippen molar-refractivity contribution in [3.05, 3.63) is 29.8 Å². The van der Waals surface area contributed by atoms with Crippen molar-refractivity contribution in [3.63, 3.8) is 0 Å². The Kier molecular flexibility index (Phi) is 5.40. The van der Waals surface area contributed by atoms with E-state index in [9.17, 15) is 0 Å². The maximum Gasteiger partial charge on any atom is 0.229 e. The number of nitrogens with two attached hydrogens (primary N) is 2. The van der Waals surface area contributed by atoms with Crippen molar-refractivity contribution in [3.8, 4) is 11.1 Å². The van der Waals surface area contributed by atoms with Crippen molar-refractivity contribution in [2.45, 2.75) is 25.8 Å². The fraction of sp³-hybridized carbons (Fsp3) is 0.500. The molecule has 2 fully saturated rings. The van der Waals surface area contributed by atoms with Crippen LogP contribution in [0.1, 0.15) is 24.8 Å². The van der Waals surface area contributed by atoms with Crippen LogP contribution in [0.3, 0.4) is 0 Å². The number of anilines is 3. The predicted octanol–water partition coefficient (Wildman–Crippen LogP) is 1.58. The van der Waals surface area contributed by atoms with Gasteiger partial charge in [0.2, 0.25) is 5.95 Å². The predicted molar refractivity (Wildman–Crippen MR) is 111 cm³/mol. The van der Waals surface area contributed by atoms with Gasteiger partial charge in [-0.15, -0.1) is 0 Å². The Hall–Kier alpha value is -2.38. The van der Waals surface area contributed by atoms with E-state index >= 15 is 0 Å². The van der Waals surface area contributed by atoms with Gasteiger partial charge in [0.25, 0.3) is 0 Å². The van der Waals surface area contributed by atoms with E-state index in [0.717, 1.165) is 67.7 Å². The lowest BCUT2D eigenvalue weighted by Gasteiger charge is -2.32. The van der Waals surface area contributed by atoms with E-state index in [0.29, 0.717) is 12.4 Å². The summed E-state index contributed by atoms with van der Waals surface area (Å²) in [5, 5.41) is 3.38. The van der Waals surface area contributed by atoms with Gasteiger partial charge in [0, 0.05) is 45.8 Å². The van der Waals surface area contributed by atoms with Gasteiger partial charge in [-0.3, -0.25) is 0 Å². The fourth-order valence-electron chi connectivity index (χ4n) is 3.88. The summed E-state index contributed by atoms with van der Waals surface area (Å²) < 4.78 is 0. The zero-order valence-electron chi connectivity index (χ0n) is 15.8. The van der Waals surface area contributed by atoms with Crippen molar-refractivity contribution >= 4 is 17.6 Å². The first-order chi connectivity index (χ1) is 13.3. The molecule has 4 rings (SSSR count). The first-order valence-corrected chi connectivity index (χ1v) is 9.94. The van der Waals surface area contributed by atoms with Gasteiger partial charge in [-0.05, 0) is 30.4 Å². The summed E-state index contributed by atoms with van der Waals surface area (Å²) in [6, 6.07) is 8.27. The van der Waals surface area contributed by atoms with Crippen molar-refractivity contribution in [2.24, 2.45) is 5.73 Å². The van der Waals surface area contributed by atoms with Crippen LogP contribution in [0.4, 0.5) is 17.6 Å². The third kappa shape index (κ3) is 3.84. The van der Waals surface area contributed by atoms with Gasteiger partial charge >= 0.3 is 0 Å². The minimum atomic E-state index is 0.535. The number of nitrogen functional groups attached to an aromatic ring is 1. The smallest absolute Gasteiger partial charge is 0.229 e. The van der Waals surface area contributed by atoms with Gasteiger partial charge in [-0.1, -0.05) is 24.3 Å². The first-order valence-electron chi connectivity index (χ1n) is 9.94. The minimum absolute atomic E-state index is 0.535. The van der Waals surface area contributed by atoms with E-state index in [1.54, 1.807) is 0 Å². The largest absolute Gasteiger partial charge is 0.383 e. The van der Waals surface area contributed by atoms with Crippen molar-refractivity contribution in [1.29, 1.82) is 0 Å². The normalized spacial score (nSPS) is 18.0. The zero-order chi connectivity index (χ0) is 18.6. The molecule has 2 aromatic rings. The van der Waals surface area contributed by atoms with Gasteiger partial charge in [0.15, 0.2) is 0 Å². The van der Waals surface area contributed by atoms with Crippen LogP contribution in [0.25, 0.3) is 11.1 Å². The molecule has 0 atom stereocenters. The highest BCUT2D eigenvalue weighted by Gasteiger charge is 2.23. The van der Waals surface area contributed by atoms with Crippen molar-refractivity contribution in [1.82, 2.24) is 15.3 Å². The summed E-state index contributed by atoms with van der Waals surface area (Å²) in [5.74, 6) is 2.27. The molecule has 144 valence electrons. The Bertz CT molecular complexity index is 763. The highest BCUT2D eigenvalue weighted by molar-refractivity contribution is 5.85. The molecule has 2 aliphatic heterocycles. The number of hydrogen-bond donors (Lipinski definition) is 3. The Balaban J connectivity index is 1.77. The van der Waals surface area contributed by atoms with Crippen LogP contribution in [0.2, 0.25) is 0 Å². The number of hydrogen-bond acceptors (Lipinski definition) is 7. The number of aromatic nitrogens is 2. The standard InChI is InChI=1S/C20H29N7/c21-14-15-4-6-16(7-5-15)17-18(22)24-20(27-12-8-23-9-13-27)25-19(17)26-10-2-1-3-11-26/h4-7,23H,1-3,8-14,21H2,(H2,22,24,25). The molecule has 2 aliphatic rings. The maximum atomic E-state index is 6.49. The number of nitrogens with one attached hydrogen (secondary N) is 1. The Morgan fingerprint density at radius 2 is 1.59 bits per heavy atom. The molecule has 1 aromatic carbocycles. The second-order valence-corrected chi connectivity index (χ2v) is 7.29. The number of piperazine rings is 1. The fourth-order valence-corrected chi connectivity index (χ4v) is 3.88. The van der Waals surface area contributed by atoms with Crippen LogP contribution >= 0.6 is 0 Å². The van der Waals surface area contributed by atoms with Crippen LogP contribution < -0.4 is 26.6 Å². The van der Waals surface area contributed by atoms with Crippen LogP contribution in [0, 0.1) is 0 Å². The Morgan fingerprint density at radius 3 is 2.26 bits per heavy atom. The molecule has 7 heteroatoms. The minimum Gasteiger partial charge on any atom is -0.383 e. The average Bonchev–Trinajstić information content (AvgIpc) is 2.74. The van der Waals surface area contributed by atoms with Gasteiger partial charge in [-0.2, -0.15) is 9.97 Å². The van der Waals surface area contributed by atoms with E-state index in [4.69, 9.17) is 16.5 Å². The molecule has 0 saturated carbocycles. The van der Waals surface area contributed by atoms with Gasteiger partial charge in [0.05, 0.1) is 5.56 Å². The molecule has 7 nitrogen and oxygen atoms in total. The molecule has 2 saturated heterocycles. The van der Waals surface area contributed by atoms with E-state index in [2.05, 4.69) is 44.4 Å². The van der Waals surface area contributed by atoms with Crippen molar-refractivity contribution < 1.29 is 0 Å². The Labute approximate surface area is 160 Å². The van der Waals surface area contributed by atoms with Gasteiger partial charge in [-0.25, -0.2) is 0 Å². The van der Waals surface area contributed by atoms with Crippen LogP contribution in [0.15, 0.2) is 24.3 Å². The quantitative estimate of drug-likeness (QED) is 0.755. The summed E-state index contributed by atoms with van der Waals surface area (Å²) in [6.45, 7) is 6.28. The lowest BCUT2D eigenvalue weighted by Crippen LogP contribution is -2.44. The van der Waals surface area contributed by atoms with Crippen LogP contribution in [-0.4, -0.2) is 49.2 Å². The molecule has 0 aliphatic carbocycles. The lowest BCUT2D eigenvalue weighted by atomic mass is 10.0. The molecule has 0 radical (unpaired) electrons. The molecular formula is C20H29N7. The number of benzene rings is 1. The molecule has 27 heavy (non-hydrogen) atoms. The summed E-state index contributed by atoms with van der Waals surface area (Å²) in [4.78, 5) is 14.3. The summed E-state index contributed by atoms with van der Waals surface area (Å²) in [7, 11) is 0. The molecule has 0 bridgehead atoms. The second kappa shape index (κ2) is 8.10. The monoisotopic (exact) mass is 367 g/mol. The number of piperidine rings is 1. The molecule has 3 heterocycles. The second-order valence-electron chi connectivity index (χ2n) is 7.29. The molecule has 0 amide bonds. The molecule has 0 unspecified atom stereocenters. The van der Waals surface area contributed by atoms with Crippen molar-refractivity contribution in [2.75, 3.05) is 54.8 Å². The molecular weight excluding hydrogens is 338 g/mol. The topological polar surface area (TPSA) is 96.3 Å². The summed E-state index contributed by atoms with van der Waals surface area (Å²) >= 11 is 0. The first kappa shape index (κ1) is 18.0. The highest BCUT2D eigenvalue weighted by Crippen LogP contribution is 2.36. The lowest BCUT2D eigenvalue weighted by molar-refractivity contribution is 0.567.